The summed E-state index contributed by atoms with van der Waals surface area (Å²) in [6.07, 6.45) is 0.753. The minimum absolute atomic E-state index is 0.274. The molecule has 0 aliphatic carbocycles. The van der Waals surface area contributed by atoms with E-state index in [0.717, 1.165) is 18.8 Å². The second-order valence-corrected chi connectivity index (χ2v) is 5.62. The Morgan fingerprint density at radius 3 is 3.00 bits per heavy atom. The van der Waals surface area contributed by atoms with Crippen molar-refractivity contribution >= 4 is 23.5 Å². The normalized spacial score (nSPS) is 25.8. The van der Waals surface area contributed by atoms with Crippen LogP contribution >= 0.6 is 23.5 Å². The van der Waals surface area contributed by atoms with E-state index in [4.69, 9.17) is 4.74 Å². The molecule has 0 bridgehead atoms. The molecule has 13 heavy (non-hydrogen) atoms. The van der Waals surface area contributed by atoms with Crippen molar-refractivity contribution in [2.45, 2.75) is 24.7 Å². The average molecular weight is 222 g/mol. The van der Waals surface area contributed by atoms with E-state index in [2.05, 4.69) is 6.92 Å². The molecule has 2 atom stereocenters. The van der Waals surface area contributed by atoms with Gasteiger partial charge in [-0.3, -0.25) is 0 Å². The van der Waals surface area contributed by atoms with E-state index in [0.29, 0.717) is 11.9 Å². The summed E-state index contributed by atoms with van der Waals surface area (Å²) in [5.74, 6) is 3.46. The largest absolute Gasteiger partial charge is 0.390 e. The van der Waals surface area contributed by atoms with Gasteiger partial charge in [-0.2, -0.15) is 23.5 Å². The molecule has 1 aliphatic heterocycles. The van der Waals surface area contributed by atoms with Crippen LogP contribution in [0.3, 0.4) is 0 Å². The fourth-order valence-corrected chi connectivity index (χ4v) is 3.94. The third-order valence-corrected chi connectivity index (χ3v) is 4.81. The first-order chi connectivity index (χ1) is 6.34. The van der Waals surface area contributed by atoms with Crippen LogP contribution < -0.4 is 0 Å². The fraction of sp³-hybridized carbons (Fsp3) is 1.00. The van der Waals surface area contributed by atoms with Gasteiger partial charge in [-0.05, 0) is 6.42 Å². The molecule has 1 aliphatic rings. The van der Waals surface area contributed by atoms with Gasteiger partial charge in [-0.15, -0.1) is 0 Å². The lowest BCUT2D eigenvalue weighted by atomic mass is 10.3. The highest BCUT2D eigenvalue weighted by Gasteiger charge is 2.22. The van der Waals surface area contributed by atoms with Crippen LogP contribution in [0, 0.1) is 0 Å². The molecule has 78 valence electrons. The first kappa shape index (κ1) is 11.7. The maximum atomic E-state index is 9.74. The zero-order chi connectivity index (χ0) is 9.52. The van der Waals surface area contributed by atoms with Crippen molar-refractivity contribution in [2.75, 3.05) is 30.5 Å². The highest BCUT2D eigenvalue weighted by Crippen LogP contribution is 2.26. The van der Waals surface area contributed by atoms with E-state index in [1.54, 1.807) is 0 Å². The second kappa shape index (κ2) is 6.98. The van der Waals surface area contributed by atoms with E-state index >= 15 is 0 Å². The lowest BCUT2D eigenvalue weighted by Crippen LogP contribution is -2.32. The van der Waals surface area contributed by atoms with Gasteiger partial charge in [0.25, 0.3) is 0 Å². The zero-order valence-electron chi connectivity index (χ0n) is 8.07. The molecule has 0 aromatic rings. The number of thioether (sulfide) groups is 2. The predicted octanol–water partition coefficient (Wildman–Crippen LogP) is 1.62. The molecule has 0 amide bonds. The van der Waals surface area contributed by atoms with Gasteiger partial charge in [0.2, 0.25) is 0 Å². The number of ether oxygens (including phenoxy) is 1. The first-order valence-corrected chi connectivity index (χ1v) is 7.00. The SMILES string of the molecule is CCCOCC(O)C1CSCCS1. The van der Waals surface area contributed by atoms with Crippen LogP contribution in [0.4, 0.5) is 0 Å². The average Bonchev–Trinajstić information content (AvgIpc) is 2.19. The monoisotopic (exact) mass is 222 g/mol. The van der Waals surface area contributed by atoms with Crippen LogP contribution in [-0.4, -0.2) is 46.9 Å². The first-order valence-electron chi connectivity index (χ1n) is 4.79. The third kappa shape index (κ3) is 4.58. The fourth-order valence-electron chi connectivity index (χ4n) is 1.18. The third-order valence-electron chi connectivity index (χ3n) is 1.91. The molecule has 2 nitrogen and oxygen atoms in total. The van der Waals surface area contributed by atoms with Gasteiger partial charge in [-0.25, -0.2) is 0 Å². The molecule has 1 heterocycles. The van der Waals surface area contributed by atoms with Crippen LogP contribution in [0.25, 0.3) is 0 Å². The van der Waals surface area contributed by atoms with Gasteiger partial charge >= 0.3 is 0 Å². The van der Waals surface area contributed by atoms with Crippen molar-refractivity contribution in [3.8, 4) is 0 Å². The molecule has 0 saturated carbocycles. The summed E-state index contributed by atoms with van der Waals surface area (Å²) < 4.78 is 5.33. The number of hydrogen-bond acceptors (Lipinski definition) is 4. The molecule has 0 spiro atoms. The van der Waals surface area contributed by atoms with Gasteiger partial charge in [-0.1, -0.05) is 6.92 Å². The Labute approximate surface area is 88.8 Å². The van der Waals surface area contributed by atoms with E-state index in [-0.39, 0.29) is 6.10 Å². The summed E-state index contributed by atoms with van der Waals surface area (Å²) in [6.45, 7) is 3.35. The molecule has 0 radical (unpaired) electrons. The zero-order valence-corrected chi connectivity index (χ0v) is 9.70. The van der Waals surface area contributed by atoms with E-state index in [1.807, 2.05) is 23.5 Å². The lowest BCUT2D eigenvalue weighted by molar-refractivity contribution is 0.0387. The Bertz CT molecular complexity index is 127. The van der Waals surface area contributed by atoms with E-state index < -0.39 is 0 Å². The molecule has 2 unspecified atom stereocenters. The summed E-state index contributed by atoms with van der Waals surface area (Å²) >= 11 is 3.81. The van der Waals surface area contributed by atoms with Crippen LogP contribution in [0.2, 0.25) is 0 Å². The Balaban J connectivity index is 2.09. The van der Waals surface area contributed by atoms with Crippen molar-refractivity contribution < 1.29 is 9.84 Å². The quantitative estimate of drug-likeness (QED) is 0.716. The van der Waals surface area contributed by atoms with E-state index in [1.165, 1.54) is 11.5 Å². The lowest BCUT2D eigenvalue weighted by Gasteiger charge is -2.25. The van der Waals surface area contributed by atoms with Gasteiger partial charge in [0, 0.05) is 29.1 Å². The van der Waals surface area contributed by atoms with Crippen molar-refractivity contribution in [1.82, 2.24) is 0 Å². The highest BCUT2D eigenvalue weighted by molar-refractivity contribution is 8.06. The molecule has 4 heteroatoms. The van der Waals surface area contributed by atoms with Gasteiger partial charge in [0.05, 0.1) is 12.7 Å². The molecular weight excluding hydrogens is 204 g/mol. The van der Waals surface area contributed by atoms with Crippen molar-refractivity contribution in [3.05, 3.63) is 0 Å². The summed E-state index contributed by atoms with van der Waals surface area (Å²) in [6, 6.07) is 0. The number of rotatable bonds is 5. The minimum atomic E-state index is -0.274. The Kier molecular flexibility index (Phi) is 6.28. The number of aliphatic hydroxyl groups is 1. The summed E-state index contributed by atoms with van der Waals surface area (Å²) in [5, 5.41) is 10.1. The van der Waals surface area contributed by atoms with Crippen molar-refractivity contribution in [1.29, 1.82) is 0 Å². The smallest absolute Gasteiger partial charge is 0.0899 e. The Morgan fingerprint density at radius 1 is 1.54 bits per heavy atom. The van der Waals surface area contributed by atoms with Crippen LogP contribution in [0.5, 0.6) is 0 Å². The summed E-state index contributed by atoms with van der Waals surface area (Å²) in [5.41, 5.74) is 0. The maximum Gasteiger partial charge on any atom is 0.0899 e. The van der Waals surface area contributed by atoms with Crippen LogP contribution in [0.15, 0.2) is 0 Å². The van der Waals surface area contributed by atoms with Crippen LogP contribution in [-0.2, 0) is 4.74 Å². The molecule has 0 aromatic carbocycles. The number of hydrogen-bond donors (Lipinski definition) is 1. The summed E-state index contributed by atoms with van der Waals surface area (Å²) in [4.78, 5) is 0. The van der Waals surface area contributed by atoms with Gasteiger partial charge < -0.3 is 9.84 Å². The Hall–Kier alpha value is 0.620. The summed E-state index contributed by atoms with van der Waals surface area (Å²) in [7, 11) is 0. The maximum absolute atomic E-state index is 9.74. The molecule has 0 aromatic heterocycles. The molecule has 1 rings (SSSR count). The highest BCUT2D eigenvalue weighted by atomic mass is 32.2. The molecule has 1 saturated heterocycles. The molecule has 1 fully saturated rings. The standard InChI is InChI=1S/C9H18O2S2/c1-2-3-11-6-8(10)9-7-12-4-5-13-9/h8-10H,2-7H2,1H3. The number of aliphatic hydroxyl groups excluding tert-OH is 1. The predicted molar refractivity (Wildman–Crippen MR) is 60.7 cm³/mol. The van der Waals surface area contributed by atoms with Gasteiger partial charge in [0.15, 0.2) is 0 Å². The van der Waals surface area contributed by atoms with Crippen molar-refractivity contribution in [2.24, 2.45) is 0 Å². The van der Waals surface area contributed by atoms with Crippen LogP contribution in [0.1, 0.15) is 13.3 Å². The topological polar surface area (TPSA) is 29.5 Å². The van der Waals surface area contributed by atoms with E-state index in [9.17, 15) is 5.11 Å². The minimum Gasteiger partial charge on any atom is -0.390 e. The van der Waals surface area contributed by atoms with Crippen molar-refractivity contribution in [3.63, 3.8) is 0 Å². The second-order valence-electron chi connectivity index (χ2n) is 3.13. The van der Waals surface area contributed by atoms with Gasteiger partial charge in [0.1, 0.15) is 0 Å². The molecule has 1 N–H and O–H groups in total. The Morgan fingerprint density at radius 2 is 2.38 bits per heavy atom. The molecular formula is C9H18O2S2.